The number of H-pyrrole nitrogens is 1. The SMILES string of the molecule is O=C(c1ccccc1OC(F)F)N1CCc2[nH]c3ccccc3c2C1. The zero-order valence-electron chi connectivity index (χ0n) is 13.3. The zero-order valence-corrected chi connectivity index (χ0v) is 13.3. The molecule has 128 valence electrons. The minimum atomic E-state index is -2.96. The minimum absolute atomic E-state index is 0.0905. The molecule has 3 aromatic rings. The van der Waals surface area contributed by atoms with Gasteiger partial charge in [-0.3, -0.25) is 4.79 Å². The molecule has 2 heterocycles. The Balaban J connectivity index is 1.65. The second-order valence-electron chi connectivity index (χ2n) is 5.98. The van der Waals surface area contributed by atoms with Crippen LogP contribution in [-0.2, 0) is 13.0 Å². The van der Waals surface area contributed by atoms with Crippen LogP contribution in [0.1, 0.15) is 21.6 Å². The van der Waals surface area contributed by atoms with E-state index in [1.54, 1.807) is 17.0 Å². The van der Waals surface area contributed by atoms with Gasteiger partial charge in [-0.2, -0.15) is 8.78 Å². The maximum atomic E-state index is 12.9. The fourth-order valence-corrected chi connectivity index (χ4v) is 3.35. The third-order valence-corrected chi connectivity index (χ3v) is 4.50. The highest BCUT2D eigenvalue weighted by atomic mass is 19.3. The van der Waals surface area contributed by atoms with Gasteiger partial charge in [-0.1, -0.05) is 30.3 Å². The molecular weight excluding hydrogens is 326 g/mol. The van der Waals surface area contributed by atoms with Crippen LogP contribution in [0.25, 0.3) is 10.9 Å². The largest absolute Gasteiger partial charge is 0.434 e. The number of carbonyl (C=O) groups is 1. The number of hydrogen-bond donors (Lipinski definition) is 1. The van der Waals surface area contributed by atoms with Crippen molar-refractivity contribution in [2.45, 2.75) is 19.6 Å². The zero-order chi connectivity index (χ0) is 17.4. The first-order chi connectivity index (χ1) is 12.1. The molecule has 1 N–H and O–H groups in total. The Kier molecular flexibility index (Phi) is 3.87. The number of aromatic nitrogens is 1. The summed E-state index contributed by atoms with van der Waals surface area (Å²) in [4.78, 5) is 17.9. The molecule has 0 bridgehead atoms. The van der Waals surface area contributed by atoms with Crippen LogP contribution >= 0.6 is 0 Å². The number of rotatable bonds is 3. The molecule has 0 fully saturated rings. The van der Waals surface area contributed by atoms with E-state index in [-0.39, 0.29) is 17.2 Å². The van der Waals surface area contributed by atoms with E-state index < -0.39 is 6.61 Å². The number of nitrogens with zero attached hydrogens (tertiary/aromatic N) is 1. The van der Waals surface area contributed by atoms with Crippen molar-refractivity contribution in [2.24, 2.45) is 0 Å². The Hall–Kier alpha value is -2.89. The molecule has 6 heteroatoms. The number of benzene rings is 2. The predicted octanol–water partition coefficient (Wildman–Crippen LogP) is 3.97. The molecule has 2 aromatic carbocycles. The van der Waals surface area contributed by atoms with E-state index in [9.17, 15) is 13.6 Å². The van der Waals surface area contributed by atoms with Crippen LogP contribution in [0, 0.1) is 0 Å². The lowest BCUT2D eigenvalue weighted by Gasteiger charge is -2.28. The average Bonchev–Trinajstić information content (AvgIpc) is 2.99. The molecule has 1 aliphatic heterocycles. The van der Waals surface area contributed by atoms with Gasteiger partial charge in [-0.05, 0) is 18.2 Å². The van der Waals surface area contributed by atoms with Crippen molar-refractivity contribution in [2.75, 3.05) is 6.54 Å². The Bertz CT molecular complexity index is 936. The summed E-state index contributed by atoms with van der Waals surface area (Å²) in [6.45, 7) is -1.99. The highest BCUT2D eigenvalue weighted by Crippen LogP contribution is 2.29. The number of nitrogens with one attached hydrogen (secondary N) is 1. The lowest BCUT2D eigenvalue weighted by atomic mass is 10.0. The molecule has 0 saturated heterocycles. The molecule has 25 heavy (non-hydrogen) atoms. The Morgan fingerprint density at radius 1 is 1.12 bits per heavy atom. The van der Waals surface area contributed by atoms with E-state index in [0.717, 1.165) is 22.2 Å². The third kappa shape index (κ3) is 2.84. The van der Waals surface area contributed by atoms with E-state index in [1.165, 1.54) is 12.1 Å². The first-order valence-corrected chi connectivity index (χ1v) is 8.05. The van der Waals surface area contributed by atoms with Crippen molar-refractivity contribution in [1.29, 1.82) is 0 Å². The number of para-hydroxylation sites is 2. The molecular formula is C19H16F2N2O2. The highest BCUT2D eigenvalue weighted by Gasteiger charge is 2.26. The second kappa shape index (κ2) is 6.20. The van der Waals surface area contributed by atoms with Gasteiger partial charge < -0.3 is 14.6 Å². The van der Waals surface area contributed by atoms with E-state index in [4.69, 9.17) is 0 Å². The molecule has 0 aliphatic carbocycles. The van der Waals surface area contributed by atoms with Crippen molar-refractivity contribution in [3.8, 4) is 5.75 Å². The molecule has 4 rings (SSSR count). The number of fused-ring (bicyclic) bond motifs is 3. The van der Waals surface area contributed by atoms with E-state index in [1.807, 2.05) is 24.3 Å². The first-order valence-electron chi connectivity index (χ1n) is 8.05. The maximum Gasteiger partial charge on any atom is 0.387 e. The summed E-state index contributed by atoms with van der Waals surface area (Å²) in [5.74, 6) is -0.389. The summed E-state index contributed by atoms with van der Waals surface area (Å²) >= 11 is 0. The van der Waals surface area contributed by atoms with Crippen molar-refractivity contribution >= 4 is 16.8 Å². The summed E-state index contributed by atoms with van der Waals surface area (Å²) in [7, 11) is 0. The van der Waals surface area contributed by atoms with Crippen LogP contribution in [0.2, 0.25) is 0 Å². The number of carbonyl (C=O) groups excluding carboxylic acids is 1. The standard InChI is InChI=1S/C19H16F2N2O2/c20-19(21)25-17-8-4-2-6-13(17)18(24)23-10-9-16-14(11-23)12-5-1-3-7-15(12)22-16/h1-8,19,22H,9-11H2. The summed E-state index contributed by atoms with van der Waals surface area (Å²) in [5.41, 5.74) is 3.42. The molecule has 0 saturated carbocycles. The van der Waals surface area contributed by atoms with Crippen molar-refractivity contribution in [3.63, 3.8) is 0 Å². The Labute approximate surface area is 143 Å². The summed E-state index contributed by atoms with van der Waals surface area (Å²) in [6, 6.07) is 14.1. The number of alkyl halides is 2. The number of amides is 1. The topological polar surface area (TPSA) is 45.3 Å². The van der Waals surface area contributed by atoms with Gasteiger partial charge in [-0.25, -0.2) is 0 Å². The maximum absolute atomic E-state index is 12.9. The smallest absolute Gasteiger partial charge is 0.387 e. The molecule has 0 radical (unpaired) electrons. The van der Waals surface area contributed by atoms with Crippen LogP contribution < -0.4 is 4.74 Å². The van der Waals surface area contributed by atoms with Crippen LogP contribution in [0.15, 0.2) is 48.5 Å². The van der Waals surface area contributed by atoms with Crippen LogP contribution in [0.4, 0.5) is 8.78 Å². The van der Waals surface area contributed by atoms with Crippen LogP contribution in [-0.4, -0.2) is 28.9 Å². The van der Waals surface area contributed by atoms with E-state index in [0.29, 0.717) is 19.5 Å². The van der Waals surface area contributed by atoms with Gasteiger partial charge in [0.1, 0.15) is 5.75 Å². The van der Waals surface area contributed by atoms with Crippen molar-refractivity contribution < 1.29 is 18.3 Å². The molecule has 0 unspecified atom stereocenters. The molecule has 1 aliphatic rings. The normalized spacial score (nSPS) is 14.0. The fourth-order valence-electron chi connectivity index (χ4n) is 3.35. The van der Waals surface area contributed by atoms with Gasteiger partial charge in [-0.15, -0.1) is 0 Å². The predicted molar refractivity (Wildman–Crippen MR) is 89.8 cm³/mol. The first kappa shape index (κ1) is 15.6. The summed E-state index contributed by atoms with van der Waals surface area (Å²) in [6.07, 6.45) is 0.702. The van der Waals surface area contributed by atoms with Crippen molar-refractivity contribution in [3.05, 3.63) is 65.4 Å². The lowest BCUT2D eigenvalue weighted by molar-refractivity contribution is -0.0503. The Morgan fingerprint density at radius 3 is 2.72 bits per heavy atom. The number of halogens is 2. The van der Waals surface area contributed by atoms with Gasteiger partial charge in [0.25, 0.3) is 5.91 Å². The quantitative estimate of drug-likeness (QED) is 0.783. The van der Waals surface area contributed by atoms with Gasteiger partial charge in [0.05, 0.1) is 5.56 Å². The number of hydrogen-bond acceptors (Lipinski definition) is 2. The van der Waals surface area contributed by atoms with Crippen LogP contribution in [0.3, 0.4) is 0 Å². The minimum Gasteiger partial charge on any atom is -0.434 e. The van der Waals surface area contributed by atoms with Gasteiger partial charge in [0.15, 0.2) is 0 Å². The molecule has 1 aromatic heterocycles. The monoisotopic (exact) mass is 342 g/mol. The van der Waals surface area contributed by atoms with E-state index in [2.05, 4.69) is 9.72 Å². The summed E-state index contributed by atoms with van der Waals surface area (Å²) in [5, 5.41) is 1.09. The van der Waals surface area contributed by atoms with E-state index >= 15 is 0 Å². The average molecular weight is 342 g/mol. The second-order valence-corrected chi connectivity index (χ2v) is 5.98. The van der Waals surface area contributed by atoms with Gasteiger partial charge >= 0.3 is 6.61 Å². The Morgan fingerprint density at radius 2 is 1.88 bits per heavy atom. The summed E-state index contributed by atoms with van der Waals surface area (Å²) < 4.78 is 29.7. The molecule has 4 nitrogen and oxygen atoms in total. The lowest BCUT2D eigenvalue weighted by Crippen LogP contribution is -2.36. The van der Waals surface area contributed by atoms with Gasteiger partial charge in [0.2, 0.25) is 0 Å². The molecule has 1 amide bonds. The number of aromatic amines is 1. The van der Waals surface area contributed by atoms with Crippen molar-refractivity contribution in [1.82, 2.24) is 9.88 Å². The molecule has 0 spiro atoms. The fraction of sp³-hybridized carbons (Fsp3) is 0.211. The van der Waals surface area contributed by atoms with Gasteiger partial charge in [0, 0.05) is 41.7 Å². The third-order valence-electron chi connectivity index (χ3n) is 4.50. The molecule has 0 atom stereocenters. The number of ether oxygens (including phenoxy) is 1. The highest BCUT2D eigenvalue weighted by molar-refractivity contribution is 5.97. The van der Waals surface area contributed by atoms with Crippen LogP contribution in [0.5, 0.6) is 5.75 Å².